The van der Waals surface area contributed by atoms with Gasteiger partial charge in [-0.2, -0.15) is 0 Å². The third kappa shape index (κ3) is 7.26. The Labute approximate surface area is 229 Å². The van der Waals surface area contributed by atoms with Crippen LogP contribution in [0.2, 0.25) is 10.2 Å². The van der Waals surface area contributed by atoms with Gasteiger partial charge in [-0.05, 0) is 74.8 Å². The molecule has 0 saturated carbocycles. The Morgan fingerprint density at radius 2 is 1.67 bits per heavy atom. The number of anilines is 1. The molecule has 0 amide bonds. The number of rotatable bonds is 10. The van der Waals surface area contributed by atoms with E-state index in [9.17, 15) is 8.42 Å². The van der Waals surface area contributed by atoms with Crippen molar-refractivity contribution >= 4 is 51.3 Å². The molecule has 0 bridgehead atoms. The molecular weight excluding hydrogens is 541 g/mol. The standard InChI is InChI=1S/C26H29Cl2N3O3S.ClH/c27-22-11-13-23(14-12-22)35(32,33)31(24-9-6-15-29-26(24)28)20-21-8-2-3-10-25(21)34-19-7-18-30-16-4-1-5-17-30;/h2-3,6,8-15H,1,4-5,7,16-20H2;1H. The quantitative estimate of drug-likeness (QED) is 0.207. The van der Waals surface area contributed by atoms with E-state index in [2.05, 4.69) is 9.88 Å². The topological polar surface area (TPSA) is 62.7 Å². The second-order valence-corrected chi connectivity index (χ2v) is 11.1. The molecule has 10 heteroatoms. The molecule has 1 aromatic heterocycles. The summed E-state index contributed by atoms with van der Waals surface area (Å²) in [6, 6.07) is 16.9. The van der Waals surface area contributed by atoms with Gasteiger partial charge in [-0.15, -0.1) is 12.4 Å². The number of halogens is 3. The number of piperidine rings is 1. The lowest BCUT2D eigenvalue weighted by Gasteiger charge is -2.27. The number of hydrogen-bond acceptors (Lipinski definition) is 5. The Kier molecular flexibility index (Phi) is 10.7. The summed E-state index contributed by atoms with van der Waals surface area (Å²) >= 11 is 12.3. The lowest BCUT2D eigenvalue weighted by Crippen LogP contribution is -2.31. The molecule has 0 unspecified atom stereocenters. The minimum atomic E-state index is -3.96. The first kappa shape index (κ1) is 28.5. The largest absolute Gasteiger partial charge is 0.493 e. The number of para-hydroxylation sites is 1. The van der Waals surface area contributed by atoms with Gasteiger partial charge < -0.3 is 9.64 Å². The van der Waals surface area contributed by atoms with Crippen LogP contribution in [0.1, 0.15) is 31.2 Å². The van der Waals surface area contributed by atoms with Crippen LogP contribution in [0, 0.1) is 0 Å². The maximum absolute atomic E-state index is 13.7. The SMILES string of the molecule is Cl.O=S(=O)(c1ccc(Cl)cc1)N(Cc1ccccc1OCCCN1CCCCC1)c1cccnc1Cl. The van der Waals surface area contributed by atoms with Crippen molar-refractivity contribution in [3.8, 4) is 5.75 Å². The normalized spacial score (nSPS) is 14.2. The lowest BCUT2D eigenvalue weighted by molar-refractivity contribution is 0.204. The van der Waals surface area contributed by atoms with Crippen molar-refractivity contribution in [3.63, 3.8) is 0 Å². The van der Waals surface area contributed by atoms with E-state index >= 15 is 0 Å². The van der Waals surface area contributed by atoms with Crippen LogP contribution in [0.4, 0.5) is 5.69 Å². The third-order valence-corrected chi connectivity index (χ3v) is 8.34. The van der Waals surface area contributed by atoms with Crippen LogP contribution < -0.4 is 9.04 Å². The highest BCUT2D eigenvalue weighted by Crippen LogP contribution is 2.33. The van der Waals surface area contributed by atoms with Gasteiger partial charge in [0.05, 0.1) is 23.7 Å². The molecule has 1 aliphatic rings. The van der Waals surface area contributed by atoms with Crippen LogP contribution in [-0.4, -0.2) is 44.5 Å². The molecule has 0 spiro atoms. The molecule has 2 heterocycles. The number of hydrogen-bond donors (Lipinski definition) is 0. The summed E-state index contributed by atoms with van der Waals surface area (Å²) in [4.78, 5) is 6.68. The van der Waals surface area contributed by atoms with Crippen LogP contribution in [0.3, 0.4) is 0 Å². The van der Waals surface area contributed by atoms with Gasteiger partial charge in [-0.3, -0.25) is 4.31 Å². The maximum atomic E-state index is 13.7. The van der Waals surface area contributed by atoms with Crippen LogP contribution in [-0.2, 0) is 16.6 Å². The molecule has 0 N–H and O–H groups in total. The maximum Gasteiger partial charge on any atom is 0.264 e. The molecular formula is C26H30Cl3N3O3S. The molecule has 3 aromatic rings. The average molecular weight is 571 g/mol. The Hall–Kier alpha value is -2.03. The lowest BCUT2D eigenvalue weighted by atomic mass is 10.1. The van der Waals surface area contributed by atoms with E-state index < -0.39 is 10.0 Å². The highest BCUT2D eigenvalue weighted by atomic mass is 35.5. The van der Waals surface area contributed by atoms with E-state index in [1.807, 2.05) is 24.3 Å². The summed E-state index contributed by atoms with van der Waals surface area (Å²) in [6.07, 6.45) is 6.28. The van der Waals surface area contributed by atoms with Crippen LogP contribution in [0.15, 0.2) is 71.8 Å². The third-order valence-electron chi connectivity index (χ3n) is 6.02. The molecule has 1 fully saturated rings. The van der Waals surface area contributed by atoms with Gasteiger partial charge in [0, 0.05) is 23.3 Å². The van der Waals surface area contributed by atoms with Gasteiger partial charge in [-0.25, -0.2) is 13.4 Å². The molecule has 0 atom stereocenters. The predicted octanol–water partition coefficient (Wildman–Crippen LogP) is 6.46. The van der Waals surface area contributed by atoms with E-state index in [4.69, 9.17) is 27.9 Å². The van der Waals surface area contributed by atoms with Crippen LogP contribution in [0.5, 0.6) is 5.75 Å². The summed E-state index contributed by atoms with van der Waals surface area (Å²) in [5.74, 6) is 0.655. The highest BCUT2D eigenvalue weighted by Gasteiger charge is 2.28. The number of aromatic nitrogens is 1. The number of ether oxygens (including phenoxy) is 1. The average Bonchev–Trinajstić information content (AvgIpc) is 2.87. The molecule has 0 aliphatic carbocycles. The summed E-state index contributed by atoms with van der Waals surface area (Å²) in [6.45, 7) is 3.91. The van der Waals surface area contributed by atoms with E-state index in [1.54, 1.807) is 24.3 Å². The Morgan fingerprint density at radius 3 is 2.39 bits per heavy atom. The van der Waals surface area contributed by atoms with Gasteiger partial charge in [0.25, 0.3) is 10.0 Å². The zero-order chi connectivity index (χ0) is 24.7. The second-order valence-electron chi connectivity index (χ2n) is 8.49. The van der Waals surface area contributed by atoms with Crippen molar-refractivity contribution in [1.82, 2.24) is 9.88 Å². The summed E-state index contributed by atoms with van der Waals surface area (Å²) in [7, 11) is -3.96. The molecule has 36 heavy (non-hydrogen) atoms. The molecule has 6 nitrogen and oxygen atoms in total. The van der Waals surface area contributed by atoms with Crippen LogP contribution >= 0.6 is 35.6 Å². The summed E-state index contributed by atoms with van der Waals surface area (Å²) in [5.41, 5.74) is 1.03. The molecule has 1 aliphatic heterocycles. The zero-order valence-electron chi connectivity index (χ0n) is 19.9. The molecule has 0 radical (unpaired) electrons. The van der Waals surface area contributed by atoms with Crippen molar-refractivity contribution in [2.45, 2.75) is 37.1 Å². The van der Waals surface area contributed by atoms with Gasteiger partial charge in [0.2, 0.25) is 0 Å². The smallest absolute Gasteiger partial charge is 0.264 e. The second kappa shape index (κ2) is 13.5. The van der Waals surface area contributed by atoms with E-state index in [-0.39, 0.29) is 29.0 Å². The highest BCUT2D eigenvalue weighted by molar-refractivity contribution is 7.92. The Bertz CT molecular complexity index is 1220. The van der Waals surface area contributed by atoms with Gasteiger partial charge >= 0.3 is 0 Å². The monoisotopic (exact) mass is 569 g/mol. The fraction of sp³-hybridized carbons (Fsp3) is 0.346. The first-order chi connectivity index (χ1) is 16.9. The summed E-state index contributed by atoms with van der Waals surface area (Å²) in [5, 5.41) is 0.558. The van der Waals surface area contributed by atoms with Crippen molar-refractivity contribution in [3.05, 3.63) is 82.6 Å². The first-order valence-electron chi connectivity index (χ1n) is 11.8. The molecule has 2 aromatic carbocycles. The van der Waals surface area contributed by atoms with Crippen molar-refractivity contribution in [2.24, 2.45) is 0 Å². The molecule has 4 rings (SSSR count). The van der Waals surface area contributed by atoms with E-state index in [0.29, 0.717) is 23.1 Å². The van der Waals surface area contributed by atoms with E-state index in [1.165, 1.54) is 41.9 Å². The summed E-state index contributed by atoms with van der Waals surface area (Å²) < 4.78 is 34.8. The van der Waals surface area contributed by atoms with Crippen LogP contribution in [0.25, 0.3) is 0 Å². The van der Waals surface area contributed by atoms with E-state index in [0.717, 1.165) is 31.6 Å². The number of pyridine rings is 1. The fourth-order valence-electron chi connectivity index (χ4n) is 4.18. The molecule has 194 valence electrons. The number of nitrogens with zero attached hydrogens (tertiary/aromatic N) is 3. The first-order valence-corrected chi connectivity index (χ1v) is 14.0. The molecule has 1 saturated heterocycles. The van der Waals surface area contributed by atoms with Gasteiger partial charge in [-0.1, -0.05) is 47.8 Å². The van der Waals surface area contributed by atoms with Gasteiger partial charge in [0.1, 0.15) is 5.75 Å². The minimum Gasteiger partial charge on any atom is -0.493 e. The zero-order valence-corrected chi connectivity index (χ0v) is 23.0. The Morgan fingerprint density at radius 1 is 0.944 bits per heavy atom. The minimum absolute atomic E-state index is 0. The Balaban J connectivity index is 0.00000361. The van der Waals surface area contributed by atoms with Gasteiger partial charge in [0.15, 0.2) is 5.15 Å². The number of sulfonamides is 1. The fourth-order valence-corrected chi connectivity index (χ4v) is 6.03. The number of likely N-dealkylation sites (tertiary alicyclic amines) is 1. The predicted molar refractivity (Wildman–Crippen MR) is 148 cm³/mol. The number of benzene rings is 2. The van der Waals surface area contributed by atoms with Crippen molar-refractivity contribution < 1.29 is 13.2 Å². The van der Waals surface area contributed by atoms with Crippen molar-refractivity contribution in [2.75, 3.05) is 30.5 Å². The van der Waals surface area contributed by atoms with Crippen molar-refractivity contribution in [1.29, 1.82) is 0 Å².